The summed E-state index contributed by atoms with van der Waals surface area (Å²) in [5, 5.41) is 8.85. The molecule has 0 aliphatic heterocycles. The van der Waals surface area contributed by atoms with Crippen LogP contribution in [0, 0.1) is 11.3 Å². The number of benzene rings is 1. The second-order valence-corrected chi connectivity index (χ2v) is 4.00. The average Bonchev–Trinajstić information content (AvgIpc) is 2.18. The molecule has 1 rings (SSSR count). The molecule has 0 amide bonds. The Morgan fingerprint density at radius 1 is 1.57 bits per heavy atom. The Morgan fingerprint density at radius 3 is 2.86 bits per heavy atom. The summed E-state index contributed by atoms with van der Waals surface area (Å²) < 4.78 is 6.54. The van der Waals surface area contributed by atoms with Gasteiger partial charge in [0.2, 0.25) is 0 Å². The lowest BCUT2D eigenvalue weighted by atomic mass is 10.2. The number of hydrogen-bond acceptors (Lipinski definition) is 2. The van der Waals surface area contributed by atoms with E-state index in [9.17, 15) is 0 Å². The standard InChI is InChI=1S/C11H12BrNO/c1-3-8(2)14-11-6-10(12)5-4-9(11)7-13/h4-6,8H,3H2,1-2H3. The molecule has 3 heteroatoms. The zero-order valence-corrected chi connectivity index (χ0v) is 9.84. The second-order valence-electron chi connectivity index (χ2n) is 3.09. The predicted molar refractivity (Wildman–Crippen MR) is 59.2 cm³/mol. The largest absolute Gasteiger partial charge is 0.489 e. The molecule has 74 valence electrons. The fourth-order valence-electron chi connectivity index (χ4n) is 0.986. The number of hydrogen-bond donors (Lipinski definition) is 0. The van der Waals surface area contributed by atoms with Crippen molar-refractivity contribution in [2.45, 2.75) is 26.4 Å². The van der Waals surface area contributed by atoms with Crippen molar-refractivity contribution in [2.75, 3.05) is 0 Å². The van der Waals surface area contributed by atoms with Crippen LogP contribution in [0.2, 0.25) is 0 Å². The molecule has 1 atom stereocenters. The highest BCUT2D eigenvalue weighted by atomic mass is 79.9. The molecule has 0 fully saturated rings. The molecular formula is C11H12BrNO. The van der Waals surface area contributed by atoms with Gasteiger partial charge < -0.3 is 4.74 Å². The fraction of sp³-hybridized carbons (Fsp3) is 0.364. The monoisotopic (exact) mass is 253 g/mol. The molecule has 0 saturated heterocycles. The molecule has 0 aliphatic rings. The van der Waals surface area contributed by atoms with Crippen LogP contribution < -0.4 is 4.74 Å². The van der Waals surface area contributed by atoms with E-state index in [1.54, 1.807) is 6.07 Å². The minimum absolute atomic E-state index is 0.136. The molecule has 0 spiro atoms. The van der Waals surface area contributed by atoms with Crippen molar-refractivity contribution in [2.24, 2.45) is 0 Å². The summed E-state index contributed by atoms with van der Waals surface area (Å²) in [6.45, 7) is 4.04. The van der Waals surface area contributed by atoms with Crippen molar-refractivity contribution in [3.8, 4) is 11.8 Å². The van der Waals surface area contributed by atoms with E-state index in [2.05, 4.69) is 28.9 Å². The van der Waals surface area contributed by atoms with E-state index in [0.29, 0.717) is 11.3 Å². The topological polar surface area (TPSA) is 33.0 Å². The molecule has 2 nitrogen and oxygen atoms in total. The summed E-state index contributed by atoms with van der Waals surface area (Å²) in [5.41, 5.74) is 0.577. The summed E-state index contributed by atoms with van der Waals surface area (Å²) in [6, 6.07) is 7.52. The van der Waals surface area contributed by atoms with E-state index in [1.807, 2.05) is 19.1 Å². The van der Waals surface area contributed by atoms with Crippen LogP contribution in [0.3, 0.4) is 0 Å². The van der Waals surface area contributed by atoms with E-state index in [4.69, 9.17) is 10.00 Å². The Kier molecular flexibility index (Phi) is 3.97. The van der Waals surface area contributed by atoms with Crippen molar-refractivity contribution in [3.05, 3.63) is 28.2 Å². The van der Waals surface area contributed by atoms with E-state index >= 15 is 0 Å². The molecule has 1 aromatic rings. The zero-order valence-electron chi connectivity index (χ0n) is 8.25. The maximum absolute atomic E-state index is 8.85. The Hall–Kier alpha value is -1.01. The summed E-state index contributed by atoms with van der Waals surface area (Å²) >= 11 is 3.35. The molecule has 0 heterocycles. The van der Waals surface area contributed by atoms with Gasteiger partial charge in [-0.3, -0.25) is 0 Å². The molecule has 0 bridgehead atoms. The molecule has 0 aliphatic carbocycles. The van der Waals surface area contributed by atoms with Gasteiger partial charge in [0.05, 0.1) is 11.7 Å². The third-order valence-corrected chi connectivity index (χ3v) is 2.46. The SMILES string of the molecule is CCC(C)Oc1cc(Br)ccc1C#N. The first kappa shape index (κ1) is 11.1. The number of rotatable bonds is 3. The van der Waals surface area contributed by atoms with Gasteiger partial charge in [0.25, 0.3) is 0 Å². The quantitative estimate of drug-likeness (QED) is 0.827. The van der Waals surface area contributed by atoms with Crippen molar-refractivity contribution in [1.29, 1.82) is 5.26 Å². The van der Waals surface area contributed by atoms with Crippen LogP contribution in [-0.2, 0) is 0 Å². The van der Waals surface area contributed by atoms with Crippen LogP contribution in [-0.4, -0.2) is 6.10 Å². The van der Waals surface area contributed by atoms with Crippen LogP contribution in [0.15, 0.2) is 22.7 Å². The van der Waals surface area contributed by atoms with Crippen molar-refractivity contribution < 1.29 is 4.74 Å². The highest BCUT2D eigenvalue weighted by molar-refractivity contribution is 9.10. The highest BCUT2D eigenvalue weighted by Gasteiger charge is 2.07. The Morgan fingerprint density at radius 2 is 2.29 bits per heavy atom. The minimum Gasteiger partial charge on any atom is -0.489 e. The lowest BCUT2D eigenvalue weighted by molar-refractivity contribution is 0.216. The van der Waals surface area contributed by atoms with E-state index in [0.717, 1.165) is 10.9 Å². The van der Waals surface area contributed by atoms with Gasteiger partial charge in [0.1, 0.15) is 11.8 Å². The molecule has 14 heavy (non-hydrogen) atoms. The Balaban J connectivity index is 2.94. The summed E-state index contributed by atoms with van der Waals surface area (Å²) in [6.07, 6.45) is 1.06. The third kappa shape index (κ3) is 2.74. The van der Waals surface area contributed by atoms with Gasteiger partial charge in [-0.25, -0.2) is 0 Å². The molecule has 0 saturated carbocycles. The van der Waals surface area contributed by atoms with Crippen LogP contribution in [0.5, 0.6) is 5.75 Å². The van der Waals surface area contributed by atoms with Crippen LogP contribution in [0.25, 0.3) is 0 Å². The molecule has 0 radical (unpaired) electrons. The average molecular weight is 254 g/mol. The van der Waals surface area contributed by atoms with E-state index in [1.165, 1.54) is 0 Å². The van der Waals surface area contributed by atoms with Crippen LogP contribution in [0.1, 0.15) is 25.8 Å². The molecule has 1 unspecified atom stereocenters. The van der Waals surface area contributed by atoms with Gasteiger partial charge in [-0.1, -0.05) is 22.9 Å². The smallest absolute Gasteiger partial charge is 0.138 e. The van der Waals surface area contributed by atoms with Crippen LogP contribution in [0.4, 0.5) is 0 Å². The first-order valence-electron chi connectivity index (χ1n) is 4.53. The van der Waals surface area contributed by atoms with E-state index in [-0.39, 0.29) is 6.10 Å². The lowest BCUT2D eigenvalue weighted by Crippen LogP contribution is -2.10. The molecule has 1 aromatic carbocycles. The lowest BCUT2D eigenvalue weighted by Gasteiger charge is -2.13. The number of halogens is 1. The summed E-state index contributed by atoms with van der Waals surface area (Å²) in [5.74, 6) is 0.649. The van der Waals surface area contributed by atoms with Gasteiger partial charge in [-0.2, -0.15) is 5.26 Å². The maximum atomic E-state index is 8.85. The number of nitrogens with zero attached hydrogens (tertiary/aromatic N) is 1. The van der Waals surface area contributed by atoms with Crippen LogP contribution >= 0.6 is 15.9 Å². The fourth-order valence-corrected chi connectivity index (χ4v) is 1.33. The van der Waals surface area contributed by atoms with Gasteiger partial charge in [0, 0.05) is 4.47 Å². The van der Waals surface area contributed by atoms with Gasteiger partial charge in [-0.05, 0) is 31.5 Å². The predicted octanol–water partition coefficient (Wildman–Crippen LogP) is 3.50. The van der Waals surface area contributed by atoms with Crippen molar-refractivity contribution in [3.63, 3.8) is 0 Å². The highest BCUT2D eigenvalue weighted by Crippen LogP contribution is 2.24. The normalized spacial score (nSPS) is 11.9. The Bertz CT molecular complexity index is 357. The van der Waals surface area contributed by atoms with Gasteiger partial charge in [0.15, 0.2) is 0 Å². The third-order valence-electron chi connectivity index (χ3n) is 1.97. The minimum atomic E-state index is 0.136. The molecular weight excluding hydrogens is 242 g/mol. The summed E-state index contributed by atoms with van der Waals surface area (Å²) in [7, 11) is 0. The number of nitriles is 1. The molecule has 0 N–H and O–H groups in total. The van der Waals surface area contributed by atoms with E-state index < -0.39 is 0 Å². The van der Waals surface area contributed by atoms with Crippen molar-refractivity contribution >= 4 is 15.9 Å². The van der Waals surface area contributed by atoms with Gasteiger partial charge >= 0.3 is 0 Å². The first-order valence-corrected chi connectivity index (χ1v) is 5.33. The second kappa shape index (κ2) is 5.02. The first-order chi connectivity index (χ1) is 6.67. The van der Waals surface area contributed by atoms with Crippen molar-refractivity contribution in [1.82, 2.24) is 0 Å². The van der Waals surface area contributed by atoms with Gasteiger partial charge in [-0.15, -0.1) is 0 Å². The summed E-state index contributed by atoms with van der Waals surface area (Å²) in [4.78, 5) is 0. The Labute approximate surface area is 92.6 Å². The zero-order chi connectivity index (χ0) is 10.6. The maximum Gasteiger partial charge on any atom is 0.138 e. The molecule has 0 aromatic heterocycles. The number of ether oxygens (including phenoxy) is 1.